The summed E-state index contributed by atoms with van der Waals surface area (Å²) < 4.78 is 0. The van der Waals surface area contributed by atoms with Gasteiger partial charge < -0.3 is 4.90 Å². The van der Waals surface area contributed by atoms with Crippen molar-refractivity contribution in [3.8, 4) is 0 Å². The van der Waals surface area contributed by atoms with E-state index in [2.05, 4.69) is 12.1 Å². The number of nitrogens with zero attached hydrogens (tertiary/aromatic N) is 1. The molecule has 0 heterocycles. The minimum Gasteiger partial charge on any atom is -0.339 e. The first-order chi connectivity index (χ1) is 7.47. The van der Waals surface area contributed by atoms with Gasteiger partial charge in [0.15, 0.2) is 0 Å². The van der Waals surface area contributed by atoms with Crippen LogP contribution in [-0.4, -0.2) is 29.3 Å². The molecule has 0 radical (unpaired) electrons. The zero-order valence-electron chi connectivity index (χ0n) is 10.0. The molecule has 0 fully saturated rings. The predicted octanol–water partition coefficient (Wildman–Crippen LogP) is 2.70. The SMILES string of the molecule is CN(C(=O)CCl)C(C)(C)Cc1ccccc1. The van der Waals surface area contributed by atoms with Crippen LogP contribution in [0.25, 0.3) is 0 Å². The van der Waals surface area contributed by atoms with Crippen LogP contribution < -0.4 is 0 Å². The maximum atomic E-state index is 11.5. The lowest BCUT2D eigenvalue weighted by Crippen LogP contribution is -2.47. The quantitative estimate of drug-likeness (QED) is 0.740. The summed E-state index contributed by atoms with van der Waals surface area (Å²) in [4.78, 5) is 13.3. The third kappa shape index (κ3) is 3.24. The van der Waals surface area contributed by atoms with Crippen molar-refractivity contribution in [2.24, 2.45) is 0 Å². The second-order valence-electron chi connectivity index (χ2n) is 4.56. The topological polar surface area (TPSA) is 20.3 Å². The molecular formula is C13H18ClNO. The third-order valence-corrected chi connectivity index (χ3v) is 3.10. The van der Waals surface area contributed by atoms with Gasteiger partial charge in [0.25, 0.3) is 0 Å². The van der Waals surface area contributed by atoms with Gasteiger partial charge in [-0.3, -0.25) is 4.79 Å². The Balaban J connectivity index is 2.75. The summed E-state index contributed by atoms with van der Waals surface area (Å²) in [6.45, 7) is 4.09. The van der Waals surface area contributed by atoms with Crippen LogP contribution in [0.2, 0.25) is 0 Å². The lowest BCUT2D eigenvalue weighted by molar-refractivity contribution is -0.131. The Bertz CT molecular complexity index is 348. The molecule has 0 spiro atoms. The molecule has 16 heavy (non-hydrogen) atoms. The zero-order valence-corrected chi connectivity index (χ0v) is 10.8. The van der Waals surface area contributed by atoms with Gasteiger partial charge in [-0.1, -0.05) is 30.3 Å². The molecule has 1 amide bonds. The average molecular weight is 240 g/mol. The summed E-state index contributed by atoms with van der Waals surface area (Å²) in [5.74, 6) is -0.00283. The molecule has 0 bridgehead atoms. The van der Waals surface area contributed by atoms with Crippen molar-refractivity contribution in [3.63, 3.8) is 0 Å². The van der Waals surface area contributed by atoms with Gasteiger partial charge in [0.1, 0.15) is 5.88 Å². The van der Waals surface area contributed by atoms with Gasteiger partial charge in [0, 0.05) is 12.6 Å². The van der Waals surface area contributed by atoms with E-state index in [1.165, 1.54) is 5.56 Å². The van der Waals surface area contributed by atoms with E-state index in [0.717, 1.165) is 6.42 Å². The lowest BCUT2D eigenvalue weighted by atomic mass is 9.93. The van der Waals surface area contributed by atoms with Crippen molar-refractivity contribution in [3.05, 3.63) is 35.9 Å². The maximum absolute atomic E-state index is 11.5. The Morgan fingerprint density at radius 3 is 2.38 bits per heavy atom. The monoisotopic (exact) mass is 239 g/mol. The van der Waals surface area contributed by atoms with Gasteiger partial charge in [-0.2, -0.15) is 0 Å². The molecule has 1 aromatic rings. The lowest BCUT2D eigenvalue weighted by Gasteiger charge is -2.35. The Morgan fingerprint density at radius 1 is 1.31 bits per heavy atom. The highest BCUT2D eigenvalue weighted by Crippen LogP contribution is 2.19. The van der Waals surface area contributed by atoms with Gasteiger partial charge in [0.05, 0.1) is 0 Å². The molecule has 0 aliphatic heterocycles. The largest absolute Gasteiger partial charge is 0.339 e. The third-order valence-electron chi connectivity index (χ3n) is 2.88. The number of carbonyl (C=O) groups excluding carboxylic acids is 1. The van der Waals surface area contributed by atoms with Crippen LogP contribution in [0.5, 0.6) is 0 Å². The summed E-state index contributed by atoms with van der Waals surface area (Å²) in [5.41, 5.74) is 1.01. The highest BCUT2D eigenvalue weighted by Gasteiger charge is 2.27. The van der Waals surface area contributed by atoms with E-state index in [1.807, 2.05) is 32.0 Å². The molecule has 0 N–H and O–H groups in total. The molecular weight excluding hydrogens is 222 g/mol. The van der Waals surface area contributed by atoms with Crippen LogP contribution in [0.15, 0.2) is 30.3 Å². The van der Waals surface area contributed by atoms with Gasteiger partial charge in [-0.05, 0) is 25.8 Å². The fourth-order valence-electron chi connectivity index (χ4n) is 1.64. The van der Waals surface area contributed by atoms with Gasteiger partial charge in [0.2, 0.25) is 5.91 Å². The standard InChI is InChI=1S/C13H18ClNO/c1-13(2,15(3)12(16)10-14)9-11-7-5-4-6-8-11/h4-8H,9-10H2,1-3H3. The summed E-state index contributed by atoms with van der Waals surface area (Å²) in [7, 11) is 1.80. The van der Waals surface area contributed by atoms with Crippen molar-refractivity contribution in [1.29, 1.82) is 0 Å². The molecule has 3 heteroatoms. The predicted molar refractivity (Wildman–Crippen MR) is 67.7 cm³/mol. The number of carbonyl (C=O) groups is 1. The van der Waals surface area contributed by atoms with Crippen molar-refractivity contribution < 1.29 is 4.79 Å². The normalized spacial score (nSPS) is 11.2. The van der Waals surface area contributed by atoms with Gasteiger partial charge >= 0.3 is 0 Å². The fourth-order valence-corrected chi connectivity index (χ4v) is 1.82. The summed E-state index contributed by atoms with van der Waals surface area (Å²) in [6.07, 6.45) is 0.826. The number of likely N-dealkylation sites (N-methyl/N-ethyl adjacent to an activating group) is 1. The van der Waals surface area contributed by atoms with Gasteiger partial charge in [-0.25, -0.2) is 0 Å². The van der Waals surface area contributed by atoms with Crippen LogP contribution in [0, 0.1) is 0 Å². The molecule has 2 nitrogen and oxygen atoms in total. The number of amides is 1. The van der Waals surface area contributed by atoms with Crippen molar-refractivity contribution in [1.82, 2.24) is 4.90 Å². The zero-order chi connectivity index (χ0) is 12.2. The summed E-state index contributed by atoms with van der Waals surface area (Å²) >= 11 is 5.56. The highest BCUT2D eigenvalue weighted by atomic mass is 35.5. The molecule has 0 aliphatic rings. The molecule has 0 unspecified atom stereocenters. The number of halogens is 1. The molecule has 0 saturated heterocycles. The molecule has 0 aromatic heterocycles. The van der Waals surface area contributed by atoms with Gasteiger partial charge in [-0.15, -0.1) is 11.6 Å². The molecule has 0 aliphatic carbocycles. The number of alkyl halides is 1. The molecule has 1 rings (SSSR count). The maximum Gasteiger partial charge on any atom is 0.237 e. The Kier molecular flexibility index (Phi) is 4.36. The van der Waals surface area contributed by atoms with E-state index in [-0.39, 0.29) is 17.3 Å². The van der Waals surface area contributed by atoms with Crippen molar-refractivity contribution >= 4 is 17.5 Å². The van der Waals surface area contributed by atoms with E-state index >= 15 is 0 Å². The second-order valence-corrected chi connectivity index (χ2v) is 4.83. The van der Waals surface area contributed by atoms with Crippen molar-refractivity contribution in [2.75, 3.05) is 12.9 Å². The summed E-state index contributed by atoms with van der Waals surface area (Å²) in [5, 5.41) is 0. The first-order valence-electron chi connectivity index (χ1n) is 5.34. The number of rotatable bonds is 4. The highest BCUT2D eigenvalue weighted by molar-refractivity contribution is 6.27. The minimum atomic E-state index is -0.215. The smallest absolute Gasteiger partial charge is 0.237 e. The van der Waals surface area contributed by atoms with E-state index in [4.69, 9.17) is 11.6 Å². The van der Waals surface area contributed by atoms with E-state index < -0.39 is 0 Å². The van der Waals surface area contributed by atoms with E-state index in [1.54, 1.807) is 11.9 Å². The van der Waals surface area contributed by atoms with Crippen LogP contribution >= 0.6 is 11.6 Å². The van der Waals surface area contributed by atoms with Crippen LogP contribution in [-0.2, 0) is 11.2 Å². The van der Waals surface area contributed by atoms with E-state index in [0.29, 0.717) is 0 Å². The number of hydrogen-bond donors (Lipinski definition) is 0. The number of benzene rings is 1. The minimum absolute atomic E-state index is 0.0364. The second kappa shape index (κ2) is 5.35. The molecule has 0 atom stereocenters. The average Bonchev–Trinajstić information content (AvgIpc) is 2.27. The Morgan fingerprint density at radius 2 is 1.88 bits per heavy atom. The summed E-state index contributed by atoms with van der Waals surface area (Å²) in [6, 6.07) is 10.1. The van der Waals surface area contributed by atoms with Crippen molar-refractivity contribution in [2.45, 2.75) is 25.8 Å². The molecule has 0 saturated carbocycles. The first kappa shape index (κ1) is 13.0. The first-order valence-corrected chi connectivity index (χ1v) is 5.87. The van der Waals surface area contributed by atoms with Crippen LogP contribution in [0.1, 0.15) is 19.4 Å². The van der Waals surface area contributed by atoms with Crippen LogP contribution in [0.3, 0.4) is 0 Å². The number of hydrogen-bond acceptors (Lipinski definition) is 1. The molecule has 88 valence electrons. The molecule has 1 aromatic carbocycles. The van der Waals surface area contributed by atoms with Crippen LogP contribution in [0.4, 0.5) is 0 Å². The fraction of sp³-hybridized carbons (Fsp3) is 0.462. The Labute approximate surface area is 102 Å². The van der Waals surface area contributed by atoms with E-state index in [9.17, 15) is 4.79 Å². The Hall–Kier alpha value is -1.02.